The van der Waals surface area contributed by atoms with Gasteiger partial charge < -0.3 is 5.32 Å². The van der Waals surface area contributed by atoms with E-state index in [0.717, 1.165) is 5.69 Å². The zero-order valence-electron chi connectivity index (χ0n) is 11.4. The van der Waals surface area contributed by atoms with Crippen LogP contribution in [0.15, 0.2) is 54.6 Å². The van der Waals surface area contributed by atoms with Gasteiger partial charge in [-0.3, -0.25) is 0 Å². The molecule has 0 heterocycles. The van der Waals surface area contributed by atoms with Gasteiger partial charge in [0, 0.05) is 5.69 Å². The third-order valence-corrected chi connectivity index (χ3v) is 3.30. The van der Waals surface area contributed by atoms with E-state index in [4.69, 9.17) is 0 Å². The van der Waals surface area contributed by atoms with Crippen molar-refractivity contribution in [2.24, 2.45) is 0 Å². The zero-order valence-corrected chi connectivity index (χ0v) is 11.4. The zero-order chi connectivity index (χ0) is 14.4. The molecular formula is C17H17FN2. The largest absolute Gasteiger partial charge is 0.370 e. The van der Waals surface area contributed by atoms with Crippen molar-refractivity contribution in [2.45, 2.75) is 25.3 Å². The molecule has 0 fully saturated rings. The second-order valence-corrected chi connectivity index (χ2v) is 4.88. The monoisotopic (exact) mass is 268 g/mol. The minimum absolute atomic E-state index is 0.276. The Hall–Kier alpha value is -2.34. The summed E-state index contributed by atoms with van der Waals surface area (Å²) in [5.74, 6) is 0.00973. The standard InChI is InChI=1S/C17H17FN2/c1-13(14-5-3-2-4-6-14)11-17(12-19)20-16-9-7-15(18)8-10-16/h2-10,13,17,20H,11H2,1H3. The van der Waals surface area contributed by atoms with Crippen LogP contribution in [-0.4, -0.2) is 6.04 Å². The Kier molecular flexibility index (Phi) is 4.73. The topological polar surface area (TPSA) is 35.8 Å². The number of hydrogen-bond acceptors (Lipinski definition) is 2. The van der Waals surface area contributed by atoms with E-state index in [1.807, 2.05) is 18.2 Å². The minimum atomic E-state index is -0.296. The summed E-state index contributed by atoms with van der Waals surface area (Å²) in [4.78, 5) is 0. The molecule has 0 spiro atoms. The van der Waals surface area contributed by atoms with Gasteiger partial charge in [-0.1, -0.05) is 37.3 Å². The predicted octanol–water partition coefficient (Wildman–Crippen LogP) is 4.32. The number of hydrogen-bond donors (Lipinski definition) is 1. The van der Waals surface area contributed by atoms with Crippen LogP contribution in [0.2, 0.25) is 0 Å². The fourth-order valence-corrected chi connectivity index (χ4v) is 2.16. The molecule has 20 heavy (non-hydrogen) atoms. The lowest BCUT2D eigenvalue weighted by atomic mass is 9.94. The van der Waals surface area contributed by atoms with Crippen molar-refractivity contribution >= 4 is 5.69 Å². The Balaban J connectivity index is 1.99. The van der Waals surface area contributed by atoms with Crippen LogP contribution < -0.4 is 5.32 Å². The molecule has 0 aromatic heterocycles. The predicted molar refractivity (Wildman–Crippen MR) is 78.9 cm³/mol. The molecule has 1 N–H and O–H groups in total. The van der Waals surface area contributed by atoms with Crippen LogP contribution in [0, 0.1) is 17.1 Å². The van der Waals surface area contributed by atoms with E-state index in [1.165, 1.54) is 17.7 Å². The molecule has 2 nitrogen and oxygen atoms in total. The molecule has 0 aliphatic carbocycles. The summed E-state index contributed by atoms with van der Waals surface area (Å²) in [6.07, 6.45) is 0.706. The van der Waals surface area contributed by atoms with Crippen molar-refractivity contribution in [3.05, 3.63) is 66.0 Å². The van der Waals surface area contributed by atoms with Crippen molar-refractivity contribution in [3.8, 4) is 6.07 Å². The van der Waals surface area contributed by atoms with E-state index >= 15 is 0 Å². The molecule has 0 amide bonds. The van der Waals surface area contributed by atoms with Gasteiger partial charge in [-0.25, -0.2) is 4.39 Å². The summed E-state index contributed by atoms with van der Waals surface area (Å²) in [6, 6.07) is 18.1. The Bertz CT molecular complexity index is 572. The summed E-state index contributed by atoms with van der Waals surface area (Å²) in [5.41, 5.74) is 1.98. The van der Waals surface area contributed by atoms with Crippen molar-refractivity contribution < 1.29 is 4.39 Å². The molecule has 0 radical (unpaired) electrons. The molecular weight excluding hydrogens is 251 g/mol. The van der Waals surface area contributed by atoms with Crippen molar-refractivity contribution in [1.82, 2.24) is 0 Å². The quantitative estimate of drug-likeness (QED) is 0.876. The van der Waals surface area contributed by atoms with Gasteiger partial charge >= 0.3 is 0 Å². The van der Waals surface area contributed by atoms with Gasteiger partial charge in [-0.15, -0.1) is 0 Å². The third-order valence-electron chi connectivity index (χ3n) is 3.30. The van der Waals surface area contributed by atoms with Crippen LogP contribution in [0.1, 0.15) is 24.8 Å². The smallest absolute Gasteiger partial charge is 0.123 e. The number of nitrogens with zero attached hydrogens (tertiary/aromatic N) is 1. The fourth-order valence-electron chi connectivity index (χ4n) is 2.16. The Morgan fingerprint density at radius 3 is 2.35 bits per heavy atom. The molecule has 0 bridgehead atoms. The highest BCUT2D eigenvalue weighted by molar-refractivity contribution is 5.45. The molecule has 0 saturated carbocycles. The summed E-state index contributed by atoms with van der Waals surface area (Å²) >= 11 is 0. The average Bonchev–Trinajstić information content (AvgIpc) is 2.49. The summed E-state index contributed by atoms with van der Waals surface area (Å²) in [5, 5.41) is 12.4. The van der Waals surface area contributed by atoms with Gasteiger partial charge in [-0.05, 0) is 42.2 Å². The van der Waals surface area contributed by atoms with Crippen molar-refractivity contribution in [3.63, 3.8) is 0 Å². The lowest BCUT2D eigenvalue weighted by molar-refractivity contribution is 0.627. The maximum atomic E-state index is 12.8. The van der Waals surface area contributed by atoms with Gasteiger partial charge in [0.15, 0.2) is 0 Å². The van der Waals surface area contributed by atoms with Gasteiger partial charge in [0.25, 0.3) is 0 Å². The second-order valence-electron chi connectivity index (χ2n) is 4.88. The van der Waals surface area contributed by atoms with Crippen LogP contribution in [0.25, 0.3) is 0 Å². The first-order valence-corrected chi connectivity index (χ1v) is 6.65. The highest BCUT2D eigenvalue weighted by Gasteiger charge is 2.13. The first-order chi connectivity index (χ1) is 9.69. The number of benzene rings is 2. The molecule has 2 aromatic carbocycles. The number of anilines is 1. The molecule has 102 valence electrons. The van der Waals surface area contributed by atoms with Gasteiger partial charge in [0.2, 0.25) is 0 Å². The molecule has 2 rings (SSSR count). The molecule has 2 unspecified atom stereocenters. The van der Waals surface area contributed by atoms with E-state index < -0.39 is 0 Å². The summed E-state index contributed by atoms with van der Waals surface area (Å²) in [7, 11) is 0. The molecule has 3 heteroatoms. The fraction of sp³-hybridized carbons (Fsp3) is 0.235. The Morgan fingerprint density at radius 2 is 1.75 bits per heavy atom. The van der Waals surface area contributed by atoms with Crippen LogP contribution >= 0.6 is 0 Å². The highest BCUT2D eigenvalue weighted by atomic mass is 19.1. The van der Waals surface area contributed by atoms with Crippen molar-refractivity contribution in [2.75, 3.05) is 5.32 Å². The number of nitriles is 1. The van der Waals surface area contributed by atoms with Crippen molar-refractivity contribution in [1.29, 1.82) is 5.26 Å². The lowest BCUT2D eigenvalue weighted by Gasteiger charge is -2.18. The van der Waals surface area contributed by atoms with Crippen LogP contribution in [0.3, 0.4) is 0 Å². The highest BCUT2D eigenvalue weighted by Crippen LogP contribution is 2.22. The summed E-state index contributed by atoms with van der Waals surface area (Å²) < 4.78 is 12.8. The summed E-state index contributed by atoms with van der Waals surface area (Å²) in [6.45, 7) is 2.10. The van der Waals surface area contributed by atoms with E-state index in [0.29, 0.717) is 6.42 Å². The SMILES string of the molecule is CC(CC(C#N)Nc1ccc(F)cc1)c1ccccc1. The molecule has 0 saturated heterocycles. The van der Waals surface area contributed by atoms with Crippen LogP contribution in [0.4, 0.5) is 10.1 Å². The first kappa shape index (κ1) is 14.1. The normalized spacial score (nSPS) is 13.2. The number of nitrogens with one attached hydrogen (secondary N) is 1. The van der Waals surface area contributed by atoms with Crippen LogP contribution in [-0.2, 0) is 0 Å². The number of rotatable bonds is 5. The van der Waals surface area contributed by atoms with E-state index in [-0.39, 0.29) is 17.8 Å². The van der Waals surface area contributed by atoms with E-state index in [1.54, 1.807) is 12.1 Å². The molecule has 0 aliphatic rings. The Labute approximate surface area is 118 Å². The Morgan fingerprint density at radius 1 is 1.10 bits per heavy atom. The third kappa shape index (κ3) is 3.83. The molecule has 2 aromatic rings. The second kappa shape index (κ2) is 6.72. The molecule has 2 atom stereocenters. The number of halogens is 1. The average molecular weight is 268 g/mol. The van der Waals surface area contributed by atoms with E-state index in [9.17, 15) is 9.65 Å². The maximum absolute atomic E-state index is 12.8. The van der Waals surface area contributed by atoms with Gasteiger partial charge in [-0.2, -0.15) is 5.26 Å². The van der Waals surface area contributed by atoms with Gasteiger partial charge in [0.1, 0.15) is 11.9 Å². The first-order valence-electron chi connectivity index (χ1n) is 6.65. The molecule has 0 aliphatic heterocycles. The van der Waals surface area contributed by atoms with Crippen LogP contribution in [0.5, 0.6) is 0 Å². The minimum Gasteiger partial charge on any atom is -0.370 e. The lowest BCUT2D eigenvalue weighted by Crippen LogP contribution is -2.19. The van der Waals surface area contributed by atoms with Gasteiger partial charge in [0.05, 0.1) is 6.07 Å². The van der Waals surface area contributed by atoms with E-state index in [2.05, 4.69) is 30.4 Å². The maximum Gasteiger partial charge on any atom is 0.123 e.